The predicted molar refractivity (Wildman–Crippen MR) is 67.9 cm³/mol. The Hall–Kier alpha value is -2.35. The van der Waals surface area contributed by atoms with Crippen LogP contribution in [-0.2, 0) is 0 Å². The van der Waals surface area contributed by atoms with Gasteiger partial charge in [0.05, 0.1) is 0 Å². The molecule has 0 bridgehead atoms. The Balaban J connectivity index is 2.17. The van der Waals surface area contributed by atoms with E-state index in [2.05, 4.69) is 24.3 Å². The van der Waals surface area contributed by atoms with E-state index in [1.165, 1.54) is 23.1 Å². The number of benzene rings is 2. The van der Waals surface area contributed by atoms with Gasteiger partial charge in [0.25, 0.3) is 0 Å². The molecule has 3 rings (SSSR count). The summed E-state index contributed by atoms with van der Waals surface area (Å²) < 4.78 is 4.87. The van der Waals surface area contributed by atoms with Gasteiger partial charge in [-0.2, -0.15) is 0 Å². The first kappa shape index (κ1) is 9.85. The van der Waals surface area contributed by atoms with Crippen LogP contribution in [0.5, 0.6) is 0 Å². The molecule has 0 atom stereocenters. The molecule has 1 aromatic heterocycles. The highest BCUT2D eigenvalue weighted by Gasteiger charge is 2.00. The largest absolute Gasteiger partial charge is 0.431 e. The van der Waals surface area contributed by atoms with Crippen molar-refractivity contribution in [3.63, 3.8) is 0 Å². The van der Waals surface area contributed by atoms with Gasteiger partial charge in [-0.3, -0.25) is 0 Å². The third-order valence-electron chi connectivity index (χ3n) is 2.78. The molecule has 2 nitrogen and oxygen atoms in total. The lowest BCUT2D eigenvalue weighted by molar-refractivity contribution is 0.512. The standard InChI is InChI=1S/C15H10O2/c16-15-8-7-14(10-17-15)13-6-5-11-3-1-2-4-12(11)9-13/h1-10H. The lowest BCUT2D eigenvalue weighted by Gasteiger charge is -2.02. The molecule has 2 heteroatoms. The van der Waals surface area contributed by atoms with Gasteiger partial charge in [-0.1, -0.05) is 36.4 Å². The van der Waals surface area contributed by atoms with Gasteiger partial charge in [0.1, 0.15) is 6.26 Å². The van der Waals surface area contributed by atoms with E-state index in [-0.39, 0.29) is 5.63 Å². The van der Waals surface area contributed by atoms with Crippen molar-refractivity contribution in [1.29, 1.82) is 0 Å². The van der Waals surface area contributed by atoms with Crippen molar-refractivity contribution in [1.82, 2.24) is 0 Å². The minimum absolute atomic E-state index is 0.325. The van der Waals surface area contributed by atoms with E-state index in [1.807, 2.05) is 18.2 Å². The number of hydrogen-bond donors (Lipinski definition) is 0. The number of fused-ring (bicyclic) bond motifs is 1. The highest BCUT2D eigenvalue weighted by atomic mass is 16.4. The highest BCUT2D eigenvalue weighted by Crippen LogP contribution is 2.23. The van der Waals surface area contributed by atoms with E-state index in [1.54, 1.807) is 6.07 Å². The normalized spacial score (nSPS) is 10.6. The Morgan fingerprint density at radius 3 is 2.29 bits per heavy atom. The Morgan fingerprint density at radius 1 is 0.765 bits per heavy atom. The molecule has 0 unspecified atom stereocenters. The maximum absolute atomic E-state index is 10.9. The van der Waals surface area contributed by atoms with Crippen LogP contribution in [0.1, 0.15) is 0 Å². The van der Waals surface area contributed by atoms with Crippen molar-refractivity contribution in [3.05, 3.63) is 71.3 Å². The summed E-state index contributed by atoms with van der Waals surface area (Å²) in [6.07, 6.45) is 1.49. The Bertz CT molecular complexity index is 706. The summed E-state index contributed by atoms with van der Waals surface area (Å²) >= 11 is 0. The van der Waals surface area contributed by atoms with E-state index in [0.717, 1.165) is 11.1 Å². The topological polar surface area (TPSA) is 30.2 Å². The van der Waals surface area contributed by atoms with Crippen molar-refractivity contribution < 1.29 is 4.42 Å². The van der Waals surface area contributed by atoms with Crippen LogP contribution in [0.3, 0.4) is 0 Å². The number of rotatable bonds is 1. The van der Waals surface area contributed by atoms with E-state index < -0.39 is 0 Å². The van der Waals surface area contributed by atoms with Gasteiger partial charge >= 0.3 is 5.63 Å². The maximum Gasteiger partial charge on any atom is 0.335 e. The van der Waals surface area contributed by atoms with Crippen LogP contribution in [0, 0.1) is 0 Å². The number of hydrogen-bond acceptors (Lipinski definition) is 2. The third-order valence-corrected chi connectivity index (χ3v) is 2.78. The molecular weight excluding hydrogens is 212 g/mol. The molecule has 0 spiro atoms. The minimum atomic E-state index is -0.325. The summed E-state index contributed by atoms with van der Waals surface area (Å²) in [5.41, 5.74) is 1.64. The minimum Gasteiger partial charge on any atom is -0.431 e. The Morgan fingerprint density at radius 2 is 1.53 bits per heavy atom. The molecule has 0 aliphatic rings. The fourth-order valence-corrected chi connectivity index (χ4v) is 1.89. The van der Waals surface area contributed by atoms with E-state index in [0.29, 0.717) is 0 Å². The van der Waals surface area contributed by atoms with E-state index >= 15 is 0 Å². The van der Waals surface area contributed by atoms with Gasteiger partial charge in [-0.15, -0.1) is 0 Å². The fraction of sp³-hybridized carbons (Fsp3) is 0. The fourth-order valence-electron chi connectivity index (χ4n) is 1.89. The van der Waals surface area contributed by atoms with Crippen LogP contribution in [-0.4, -0.2) is 0 Å². The average molecular weight is 222 g/mol. The molecule has 1 heterocycles. The van der Waals surface area contributed by atoms with Gasteiger partial charge in [-0.05, 0) is 28.5 Å². The lowest BCUT2D eigenvalue weighted by Crippen LogP contribution is -1.93. The smallest absolute Gasteiger partial charge is 0.335 e. The highest BCUT2D eigenvalue weighted by molar-refractivity contribution is 5.87. The van der Waals surface area contributed by atoms with Crippen LogP contribution < -0.4 is 5.63 Å². The van der Waals surface area contributed by atoms with Crippen LogP contribution in [0.25, 0.3) is 21.9 Å². The van der Waals surface area contributed by atoms with Crippen LogP contribution in [0.4, 0.5) is 0 Å². The van der Waals surface area contributed by atoms with Crippen LogP contribution >= 0.6 is 0 Å². The third kappa shape index (κ3) is 1.85. The van der Waals surface area contributed by atoms with E-state index in [4.69, 9.17) is 4.42 Å². The van der Waals surface area contributed by atoms with Crippen molar-refractivity contribution in [2.24, 2.45) is 0 Å². The van der Waals surface area contributed by atoms with Gasteiger partial charge in [0.2, 0.25) is 0 Å². The molecule has 0 saturated heterocycles. The molecule has 17 heavy (non-hydrogen) atoms. The molecule has 2 aromatic carbocycles. The van der Waals surface area contributed by atoms with Gasteiger partial charge in [0, 0.05) is 11.6 Å². The van der Waals surface area contributed by atoms with E-state index in [9.17, 15) is 4.79 Å². The Kier molecular flexibility index (Phi) is 2.26. The molecule has 0 fully saturated rings. The van der Waals surface area contributed by atoms with Crippen molar-refractivity contribution in [2.45, 2.75) is 0 Å². The summed E-state index contributed by atoms with van der Waals surface area (Å²) in [6.45, 7) is 0. The van der Waals surface area contributed by atoms with Crippen molar-refractivity contribution in [3.8, 4) is 11.1 Å². The Labute approximate surface area is 98.1 Å². The molecule has 0 aliphatic carbocycles. The zero-order valence-electron chi connectivity index (χ0n) is 9.09. The second-order valence-corrected chi connectivity index (χ2v) is 3.91. The average Bonchev–Trinajstić information content (AvgIpc) is 2.39. The monoisotopic (exact) mass is 222 g/mol. The first-order chi connectivity index (χ1) is 8.33. The summed E-state index contributed by atoms with van der Waals surface area (Å²) in [5, 5.41) is 2.38. The quantitative estimate of drug-likeness (QED) is 0.631. The second-order valence-electron chi connectivity index (χ2n) is 3.91. The zero-order valence-corrected chi connectivity index (χ0v) is 9.09. The summed E-state index contributed by atoms with van der Waals surface area (Å²) in [6, 6.07) is 17.6. The van der Waals surface area contributed by atoms with Crippen LogP contribution in [0.15, 0.2) is 70.1 Å². The predicted octanol–water partition coefficient (Wildman–Crippen LogP) is 3.46. The lowest BCUT2D eigenvalue weighted by atomic mass is 10.0. The second kappa shape index (κ2) is 3.91. The summed E-state index contributed by atoms with van der Waals surface area (Å²) in [4.78, 5) is 10.9. The maximum atomic E-state index is 10.9. The molecule has 0 N–H and O–H groups in total. The zero-order chi connectivity index (χ0) is 11.7. The summed E-state index contributed by atoms with van der Waals surface area (Å²) in [5.74, 6) is 0. The molecule has 0 amide bonds. The van der Waals surface area contributed by atoms with Gasteiger partial charge in [-0.25, -0.2) is 4.79 Å². The molecule has 3 aromatic rings. The SMILES string of the molecule is O=c1ccc(-c2ccc3ccccc3c2)co1. The van der Waals surface area contributed by atoms with Crippen LogP contribution in [0.2, 0.25) is 0 Å². The first-order valence-corrected chi connectivity index (χ1v) is 5.41. The van der Waals surface area contributed by atoms with Gasteiger partial charge < -0.3 is 4.42 Å². The van der Waals surface area contributed by atoms with Crippen molar-refractivity contribution in [2.75, 3.05) is 0 Å². The summed E-state index contributed by atoms with van der Waals surface area (Å²) in [7, 11) is 0. The van der Waals surface area contributed by atoms with Gasteiger partial charge in [0.15, 0.2) is 0 Å². The van der Waals surface area contributed by atoms with Crippen molar-refractivity contribution >= 4 is 10.8 Å². The molecule has 0 aliphatic heterocycles. The molecule has 0 radical (unpaired) electrons. The molecule has 82 valence electrons. The molecule has 0 saturated carbocycles. The first-order valence-electron chi connectivity index (χ1n) is 5.41. The molecular formula is C15H10O2.